The lowest BCUT2D eigenvalue weighted by atomic mass is 10.1. The minimum atomic E-state index is -0.665. The Hall–Kier alpha value is -2.12. The number of nitrogens with zero attached hydrogens (tertiary/aromatic N) is 2. The first kappa shape index (κ1) is 16.7. The summed E-state index contributed by atoms with van der Waals surface area (Å²) in [6.45, 7) is 5.38. The number of carbonyl (C=O) groups excluding carboxylic acids is 2. The van der Waals surface area contributed by atoms with E-state index in [4.69, 9.17) is 9.47 Å². The molecule has 0 saturated carbocycles. The van der Waals surface area contributed by atoms with Crippen molar-refractivity contribution in [1.29, 1.82) is 0 Å². The zero-order valence-electron chi connectivity index (χ0n) is 13.9. The fourth-order valence-corrected chi connectivity index (χ4v) is 2.89. The molecule has 1 N–H and O–H groups in total. The Morgan fingerprint density at radius 1 is 1.38 bits per heavy atom. The van der Waals surface area contributed by atoms with E-state index < -0.39 is 12.2 Å². The largest absolute Gasteiger partial charge is 0.479 e. The lowest BCUT2D eigenvalue weighted by Gasteiger charge is -2.35. The van der Waals surface area contributed by atoms with Crippen LogP contribution >= 0.6 is 0 Å². The Morgan fingerprint density at radius 3 is 2.75 bits per heavy atom. The highest BCUT2D eigenvalue weighted by molar-refractivity contribution is 6.03. The average Bonchev–Trinajstić information content (AvgIpc) is 2.59. The number of hydrogen-bond donors (Lipinski definition) is 1. The molecule has 1 aromatic carbocycles. The van der Waals surface area contributed by atoms with Crippen LogP contribution in [0.1, 0.15) is 25.5 Å². The number of rotatable bonds is 3. The van der Waals surface area contributed by atoms with E-state index in [0.717, 1.165) is 0 Å². The fourth-order valence-electron chi connectivity index (χ4n) is 2.89. The molecule has 3 rings (SSSR count). The van der Waals surface area contributed by atoms with E-state index in [1.54, 1.807) is 36.9 Å². The van der Waals surface area contributed by atoms with Crippen LogP contribution in [0, 0.1) is 0 Å². The lowest BCUT2D eigenvalue weighted by molar-refractivity contribution is -0.136. The van der Waals surface area contributed by atoms with E-state index in [9.17, 15) is 14.7 Å². The van der Waals surface area contributed by atoms with Crippen LogP contribution in [0.2, 0.25) is 0 Å². The number of carbonyl (C=O) groups is 2. The van der Waals surface area contributed by atoms with Crippen molar-refractivity contribution >= 4 is 17.5 Å². The van der Waals surface area contributed by atoms with Gasteiger partial charge < -0.3 is 19.5 Å². The molecule has 7 heteroatoms. The maximum Gasteiger partial charge on any atom is 0.268 e. The summed E-state index contributed by atoms with van der Waals surface area (Å²) in [5.41, 5.74) is 1.20. The summed E-state index contributed by atoms with van der Waals surface area (Å²) in [4.78, 5) is 28.2. The van der Waals surface area contributed by atoms with E-state index in [1.807, 2.05) is 0 Å². The molecular formula is C17H22N2O5. The standard InChI is InChI=1S/C17H22N2O5/c1-11(20)13-3-4-15-14(9-13)19(17(22)12(2)24-15)10-16(21)18-5-7-23-8-6-18/h3-4,9,11-12,20H,5-8,10H2,1-2H3. The predicted molar refractivity (Wildman–Crippen MR) is 86.9 cm³/mol. The van der Waals surface area contributed by atoms with Gasteiger partial charge in [0.15, 0.2) is 6.10 Å². The Balaban J connectivity index is 1.87. The molecule has 0 aromatic heterocycles. The van der Waals surface area contributed by atoms with Gasteiger partial charge in [-0.3, -0.25) is 14.5 Å². The fraction of sp³-hybridized carbons (Fsp3) is 0.529. The zero-order chi connectivity index (χ0) is 17.3. The second-order valence-electron chi connectivity index (χ2n) is 6.08. The van der Waals surface area contributed by atoms with Gasteiger partial charge in [0.1, 0.15) is 12.3 Å². The van der Waals surface area contributed by atoms with Crippen LogP contribution in [0.3, 0.4) is 0 Å². The summed E-state index contributed by atoms with van der Waals surface area (Å²) >= 11 is 0. The Bertz CT molecular complexity index is 640. The summed E-state index contributed by atoms with van der Waals surface area (Å²) in [5.74, 6) is 0.169. The summed E-state index contributed by atoms with van der Waals surface area (Å²) in [5, 5.41) is 9.78. The minimum absolute atomic E-state index is 0.0389. The van der Waals surface area contributed by atoms with Gasteiger partial charge >= 0.3 is 0 Å². The van der Waals surface area contributed by atoms with Gasteiger partial charge in [0.25, 0.3) is 5.91 Å². The SMILES string of the molecule is CC1Oc2ccc(C(C)O)cc2N(CC(=O)N2CCOCC2)C1=O. The number of ether oxygens (including phenoxy) is 2. The van der Waals surface area contributed by atoms with Crippen molar-refractivity contribution in [2.45, 2.75) is 26.1 Å². The smallest absolute Gasteiger partial charge is 0.268 e. The van der Waals surface area contributed by atoms with Gasteiger partial charge in [-0.05, 0) is 31.5 Å². The molecule has 0 aliphatic carbocycles. The number of morpholine rings is 1. The van der Waals surface area contributed by atoms with Crippen molar-refractivity contribution in [1.82, 2.24) is 4.90 Å². The predicted octanol–water partition coefficient (Wildman–Crippen LogP) is 0.713. The van der Waals surface area contributed by atoms with Crippen molar-refractivity contribution in [3.05, 3.63) is 23.8 Å². The van der Waals surface area contributed by atoms with E-state index in [1.165, 1.54) is 4.90 Å². The zero-order valence-corrected chi connectivity index (χ0v) is 13.9. The lowest BCUT2D eigenvalue weighted by Crippen LogP contribution is -2.51. The molecule has 2 amide bonds. The van der Waals surface area contributed by atoms with Crippen LogP contribution in [0.4, 0.5) is 5.69 Å². The van der Waals surface area contributed by atoms with Crippen molar-refractivity contribution in [3.8, 4) is 5.75 Å². The minimum Gasteiger partial charge on any atom is -0.479 e. The third kappa shape index (κ3) is 3.22. The topological polar surface area (TPSA) is 79.3 Å². The molecule has 130 valence electrons. The van der Waals surface area contributed by atoms with E-state index in [2.05, 4.69) is 0 Å². The second kappa shape index (κ2) is 6.78. The summed E-state index contributed by atoms with van der Waals surface area (Å²) in [6.07, 6.45) is -1.31. The van der Waals surface area contributed by atoms with Gasteiger partial charge in [-0.15, -0.1) is 0 Å². The van der Waals surface area contributed by atoms with Gasteiger partial charge in [-0.1, -0.05) is 6.07 Å². The molecule has 1 aromatic rings. The number of fused-ring (bicyclic) bond motifs is 1. The molecule has 2 atom stereocenters. The molecule has 2 aliphatic heterocycles. The second-order valence-corrected chi connectivity index (χ2v) is 6.08. The summed E-state index contributed by atoms with van der Waals surface area (Å²) in [7, 11) is 0. The maximum atomic E-state index is 12.5. The molecule has 0 spiro atoms. The number of aliphatic hydroxyl groups excluding tert-OH is 1. The van der Waals surface area contributed by atoms with Crippen molar-refractivity contribution in [2.75, 3.05) is 37.7 Å². The van der Waals surface area contributed by atoms with E-state index >= 15 is 0 Å². The number of benzene rings is 1. The number of hydrogen-bond acceptors (Lipinski definition) is 5. The maximum absolute atomic E-state index is 12.5. The quantitative estimate of drug-likeness (QED) is 0.881. The molecule has 2 unspecified atom stereocenters. The van der Waals surface area contributed by atoms with Gasteiger partial charge in [0.2, 0.25) is 5.91 Å². The van der Waals surface area contributed by atoms with Crippen LogP contribution in [0.15, 0.2) is 18.2 Å². The van der Waals surface area contributed by atoms with Gasteiger partial charge in [0.05, 0.1) is 25.0 Å². The Labute approximate surface area is 140 Å². The van der Waals surface area contributed by atoms with Crippen molar-refractivity contribution in [2.24, 2.45) is 0 Å². The normalized spacial score (nSPS) is 22.0. The van der Waals surface area contributed by atoms with Crippen molar-refractivity contribution in [3.63, 3.8) is 0 Å². The number of amides is 2. The summed E-state index contributed by atoms with van der Waals surface area (Å²) < 4.78 is 10.9. The van der Waals surface area contributed by atoms with Crippen LogP contribution in [0.25, 0.3) is 0 Å². The molecule has 2 heterocycles. The first-order chi connectivity index (χ1) is 11.5. The van der Waals surface area contributed by atoms with Crippen LogP contribution < -0.4 is 9.64 Å². The number of anilines is 1. The average molecular weight is 334 g/mol. The van der Waals surface area contributed by atoms with Crippen LogP contribution in [-0.2, 0) is 14.3 Å². The first-order valence-electron chi connectivity index (χ1n) is 8.13. The Kier molecular flexibility index (Phi) is 4.73. The van der Waals surface area contributed by atoms with Gasteiger partial charge in [-0.25, -0.2) is 0 Å². The molecule has 7 nitrogen and oxygen atoms in total. The highest BCUT2D eigenvalue weighted by Crippen LogP contribution is 2.36. The van der Waals surface area contributed by atoms with E-state index in [-0.39, 0.29) is 18.4 Å². The van der Waals surface area contributed by atoms with Gasteiger partial charge in [0, 0.05) is 13.1 Å². The monoisotopic (exact) mass is 334 g/mol. The third-order valence-electron chi connectivity index (χ3n) is 4.33. The summed E-state index contributed by atoms with van der Waals surface area (Å²) in [6, 6.07) is 5.19. The molecule has 24 heavy (non-hydrogen) atoms. The van der Waals surface area contributed by atoms with Crippen LogP contribution in [-0.4, -0.2) is 60.8 Å². The molecule has 0 radical (unpaired) electrons. The highest BCUT2D eigenvalue weighted by atomic mass is 16.5. The highest BCUT2D eigenvalue weighted by Gasteiger charge is 2.34. The van der Waals surface area contributed by atoms with Gasteiger partial charge in [-0.2, -0.15) is 0 Å². The molecule has 1 fully saturated rings. The third-order valence-corrected chi connectivity index (χ3v) is 4.33. The van der Waals surface area contributed by atoms with Crippen molar-refractivity contribution < 1.29 is 24.2 Å². The molecule has 2 aliphatic rings. The number of aliphatic hydroxyl groups is 1. The Morgan fingerprint density at radius 2 is 2.08 bits per heavy atom. The van der Waals surface area contributed by atoms with E-state index in [0.29, 0.717) is 43.3 Å². The molecule has 1 saturated heterocycles. The molecular weight excluding hydrogens is 312 g/mol. The first-order valence-corrected chi connectivity index (χ1v) is 8.13. The molecule has 0 bridgehead atoms. The van der Waals surface area contributed by atoms with Crippen LogP contribution in [0.5, 0.6) is 5.75 Å².